The van der Waals surface area contributed by atoms with E-state index in [4.69, 9.17) is 4.74 Å². The van der Waals surface area contributed by atoms with Crippen LogP contribution in [-0.4, -0.2) is 23.6 Å². The summed E-state index contributed by atoms with van der Waals surface area (Å²) < 4.78 is 86.7. The molecule has 0 amide bonds. The molecule has 1 aromatic carbocycles. The van der Waals surface area contributed by atoms with Gasteiger partial charge in [0.2, 0.25) is 6.10 Å². The predicted octanol–water partition coefficient (Wildman–Crippen LogP) is 5.49. The quantitative estimate of drug-likeness (QED) is 0.633. The Bertz CT molecular complexity index is 874. The lowest BCUT2D eigenvalue weighted by Gasteiger charge is -2.29. The average Bonchev–Trinajstić information content (AvgIpc) is 2.57. The van der Waals surface area contributed by atoms with Crippen LogP contribution in [0.4, 0.5) is 26.3 Å². The molecule has 0 N–H and O–H groups in total. The molecule has 28 heavy (non-hydrogen) atoms. The first kappa shape index (κ1) is 20.0. The number of aromatic nitrogens is 1. The van der Waals surface area contributed by atoms with E-state index in [9.17, 15) is 26.3 Å². The fraction of sp³-hybridized carbons (Fsp3) is 0.316. The molecule has 150 valence electrons. The minimum absolute atomic E-state index is 0.0987. The summed E-state index contributed by atoms with van der Waals surface area (Å²) in [5.74, 6) is -0.612. The summed E-state index contributed by atoms with van der Waals surface area (Å²) in [7, 11) is 0. The number of pyridine rings is 1. The summed E-state index contributed by atoms with van der Waals surface area (Å²) in [6.45, 7) is 1.21. The first-order chi connectivity index (χ1) is 13.0. The molecule has 0 saturated carbocycles. The zero-order chi connectivity index (χ0) is 20.5. The van der Waals surface area contributed by atoms with Crippen molar-refractivity contribution in [2.45, 2.75) is 38.4 Å². The van der Waals surface area contributed by atoms with Gasteiger partial charge in [0.25, 0.3) is 0 Å². The Morgan fingerprint density at radius 1 is 1.07 bits per heavy atom. The van der Waals surface area contributed by atoms with Gasteiger partial charge in [-0.25, -0.2) is 0 Å². The Labute approximate surface area is 156 Å². The minimum Gasteiger partial charge on any atom is -0.476 e. The summed E-state index contributed by atoms with van der Waals surface area (Å²) in [5.41, 5.74) is 0.782. The van der Waals surface area contributed by atoms with Crippen LogP contribution < -0.4 is 9.47 Å². The summed E-state index contributed by atoms with van der Waals surface area (Å²) in [6, 6.07) is 7.23. The van der Waals surface area contributed by atoms with Crippen LogP contribution in [0.3, 0.4) is 0 Å². The standard InChI is InChI=1S/C19H15F6NO2/c1-11-8-13-10-15(28-19(23,24)25)9-12(5-6-14-4-2-3-7-26-14)16(13)27-17(11)18(20,21)22/h2-4,7-10,17H,5-6H2,1H3. The number of aryl methyl sites for hydroxylation is 2. The molecule has 2 heterocycles. The van der Waals surface area contributed by atoms with Crippen LogP contribution in [0.25, 0.3) is 6.08 Å². The van der Waals surface area contributed by atoms with E-state index in [1.165, 1.54) is 13.0 Å². The number of hydrogen-bond donors (Lipinski definition) is 0. The third-order valence-corrected chi connectivity index (χ3v) is 4.11. The Kier molecular flexibility index (Phi) is 5.27. The maximum absolute atomic E-state index is 13.2. The van der Waals surface area contributed by atoms with Crippen LogP contribution in [-0.2, 0) is 12.8 Å². The van der Waals surface area contributed by atoms with Crippen molar-refractivity contribution in [1.29, 1.82) is 0 Å². The van der Waals surface area contributed by atoms with Gasteiger partial charge in [-0.1, -0.05) is 6.07 Å². The minimum atomic E-state index is -4.92. The average molecular weight is 403 g/mol. The molecule has 9 heteroatoms. The summed E-state index contributed by atoms with van der Waals surface area (Å²) in [4.78, 5) is 4.11. The van der Waals surface area contributed by atoms with Crippen molar-refractivity contribution in [3.63, 3.8) is 0 Å². The normalized spacial score (nSPS) is 16.8. The second-order valence-corrected chi connectivity index (χ2v) is 6.30. The van der Waals surface area contributed by atoms with E-state index in [1.54, 1.807) is 24.4 Å². The van der Waals surface area contributed by atoms with Gasteiger partial charge in [-0.3, -0.25) is 4.98 Å². The predicted molar refractivity (Wildman–Crippen MR) is 88.9 cm³/mol. The molecule has 1 aliphatic rings. The fourth-order valence-corrected chi connectivity index (χ4v) is 2.98. The van der Waals surface area contributed by atoms with Crippen LogP contribution in [0.15, 0.2) is 42.1 Å². The molecule has 3 nitrogen and oxygen atoms in total. The van der Waals surface area contributed by atoms with Gasteiger partial charge in [-0.2, -0.15) is 13.2 Å². The van der Waals surface area contributed by atoms with Crippen molar-refractivity contribution in [2.24, 2.45) is 0 Å². The van der Waals surface area contributed by atoms with E-state index in [-0.39, 0.29) is 28.9 Å². The number of rotatable bonds is 4. The van der Waals surface area contributed by atoms with Crippen molar-refractivity contribution in [3.8, 4) is 11.5 Å². The highest BCUT2D eigenvalue weighted by atomic mass is 19.4. The van der Waals surface area contributed by atoms with Gasteiger partial charge in [-0.05, 0) is 61.2 Å². The number of fused-ring (bicyclic) bond motifs is 1. The van der Waals surface area contributed by atoms with Crippen LogP contribution in [0.1, 0.15) is 23.7 Å². The first-order valence-corrected chi connectivity index (χ1v) is 8.27. The molecule has 0 saturated heterocycles. The van der Waals surface area contributed by atoms with Crippen molar-refractivity contribution < 1.29 is 35.8 Å². The smallest absolute Gasteiger partial charge is 0.476 e. The number of nitrogens with zero attached hydrogens (tertiary/aromatic N) is 1. The summed E-state index contributed by atoms with van der Waals surface area (Å²) >= 11 is 0. The van der Waals surface area contributed by atoms with Gasteiger partial charge < -0.3 is 9.47 Å². The SMILES string of the molecule is CC1=Cc2cc(OC(F)(F)F)cc(CCc3ccccn3)c2OC1C(F)(F)F. The van der Waals surface area contributed by atoms with Gasteiger partial charge in [0.05, 0.1) is 0 Å². The molecule has 1 aromatic heterocycles. The van der Waals surface area contributed by atoms with Crippen molar-refractivity contribution in [2.75, 3.05) is 0 Å². The molecular formula is C19H15F6NO2. The van der Waals surface area contributed by atoms with Crippen LogP contribution in [0.5, 0.6) is 11.5 Å². The van der Waals surface area contributed by atoms with E-state index >= 15 is 0 Å². The Morgan fingerprint density at radius 3 is 2.43 bits per heavy atom. The maximum atomic E-state index is 13.2. The molecule has 0 spiro atoms. The third-order valence-electron chi connectivity index (χ3n) is 4.11. The fourth-order valence-electron chi connectivity index (χ4n) is 2.98. The number of benzene rings is 1. The largest absolute Gasteiger partial charge is 0.573 e. The molecule has 1 unspecified atom stereocenters. The Hall–Kier alpha value is -2.71. The third kappa shape index (κ3) is 4.76. The lowest BCUT2D eigenvalue weighted by Crippen LogP contribution is -2.37. The lowest BCUT2D eigenvalue weighted by molar-refractivity contribution is -0.274. The molecule has 0 fully saturated rings. The van der Waals surface area contributed by atoms with E-state index in [0.717, 1.165) is 12.1 Å². The molecule has 0 aliphatic carbocycles. The van der Waals surface area contributed by atoms with Crippen LogP contribution in [0.2, 0.25) is 0 Å². The molecular weight excluding hydrogens is 388 g/mol. The molecule has 1 atom stereocenters. The molecule has 0 radical (unpaired) electrons. The van der Waals surface area contributed by atoms with Crippen molar-refractivity contribution in [1.82, 2.24) is 4.98 Å². The zero-order valence-electron chi connectivity index (χ0n) is 14.6. The maximum Gasteiger partial charge on any atom is 0.573 e. The molecule has 1 aliphatic heterocycles. The Balaban J connectivity index is 1.99. The van der Waals surface area contributed by atoms with Crippen molar-refractivity contribution >= 4 is 6.08 Å². The zero-order valence-corrected chi connectivity index (χ0v) is 14.6. The Morgan fingerprint density at radius 2 is 1.82 bits per heavy atom. The van der Waals surface area contributed by atoms with E-state index in [1.807, 2.05) is 0 Å². The second kappa shape index (κ2) is 7.37. The van der Waals surface area contributed by atoms with Gasteiger partial charge in [0, 0.05) is 17.5 Å². The number of hydrogen-bond acceptors (Lipinski definition) is 3. The van der Waals surface area contributed by atoms with Crippen LogP contribution in [0, 0.1) is 0 Å². The molecule has 0 bridgehead atoms. The van der Waals surface area contributed by atoms with E-state index < -0.39 is 24.4 Å². The number of ether oxygens (including phenoxy) is 2. The van der Waals surface area contributed by atoms with Gasteiger partial charge in [0.15, 0.2) is 0 Å². The second-order valence-electron chi connectivity index (χ2n) is 6.30. The summed E-state index contributed by atoms with van der Waals surface area (Å²) in [5, 5.41) is 0. The van der Waals surface area contributed by atoms with Gasteiger partial charge in [-0.15, -0.1) is 13.2 Å². The summed E-state index contributed by atoms with van der Waals surface area (Å²) in [6.07, 6.45) is -8.55. The molecule has 2 aromatic rings. The number of alkyl halides is 6. The van der Waals surface area contributed by atoms with E-state index in [0.29, 0.717) is 12.1 Å². The van der Waals surface area contributed by atoms with Gasteiger partial charge >= 0.3 is 12.5 Å². The first-order valence-electron chi connectivity index (χ1n) is 8.27. The van der Waals surface area contributed by atoms with E-state index in [2.05, 4.69) is 9.72 Å². The lowest BCUT2D eigenvalue weighted by atomic mass is 9.97. The molecule has 3 rings (SSSR count). The van der Waals surface area contributed by atoms with Crippen LogP contribution >= 0.6 is 0 Å². The highest BCUT2D eigenvalue weighted by Crippen LogP contribution is 2.41. The highest BCUT2D eigenvalue weighted by Gasteiger charge is 2.45. The topological polar surface area (TPSA) is 31.4 Å². The number of halogens is 6. The van der Waals surface area contributed by atoms with Gasteiger partial charge in [0.1, 0.15) is 11.5 Å². The van der Waals surface area contributed by atoms with Crippen molar-refractivity contribution in [3.05, 3.63) is 58.9 Å². The monoisotopic (exact) mass is 403 g/mol. The highest BCUT2D eigenvalue weighted by molar-refractivity contribution is 5.67.